The van der Waals surface area contributed by atoms with Crippen molar-refractivity contribution in [2.75, 3.05) is 11.1 Å². The Morgan fingerprint density at radius 3 is 2.88 bits per heavy atom. The summed E-state index contributed by atoms with van der Waals surface area (Å²) in [6.45, 7) is 2.42. The molecular formula is C10H11ClN4O. The molecule has 2 aromatic heterocycles. The summed E-state index contributed by atoms with van der Waals surface area (Å²) in [5.74, 6) is 2.42. The first-order valence-electron chi connectivity index (χ1n) is 4.73. The Morgan fingerprint density at radius 1 is 1.44 bits per heavy atom. The van der Waals surface area contributed by atoms with Crippen LogP contribution in [0.4, 0.5) is 11.8 Å². The minimum absolute atomic E-state index is 0.144. The monoisotopic (exact) mass is 238 g/mol. The second kappa shape index (κ2) is 4.40. The van der Waals surface area contributed by atoms with E-state index in [1.807, 2.05) is 19.1 Å². The van der Waals surface area contributed by atoms with Gasteiger partial charge >= 0.3 is 0 Å². The lowest BCUT2D eigenvalue weighted by molar-refractivity contribution is 0.490. The smallest absolute Gasteiger partial charge is 0.223 e. The Kier molecular flexibility index (Phi) is 2.96. The fraction of sp³-hybridized carbons (Fsp3) is 0.200. The normalized spacial score (nSPS) is 10.4. The van der Waals surface area contributed by atoms with Crippen LogP contribution in [0.5, 0.6) is 0 Å². The van der Waals surface area contributed by atoms with Crippen molar-refractivity contribution >= 4 is 23.4 Å². The molecule has 0 saturated carbocycles. The SMILES string of the molecule is Cc1ccc(CNc2cc(Cl)nc(N)n2)o1. The Hall–Kier alpha value is -1.75. The van der Waals surface area contributed by atoms with Crippen LogP contribution in [0.2, 0.25) is 5.15 Å². The van der Waals surface area contributed by atoms with Gasteiger partial charge in [0, 0.05) is 6.07 Å². The van der Waals surface area contributed by atoms with Gasteiger partial charge in [0.1, 0.15) is 22.5 Å². The van der Waals surface area contributed by atoms with E-state index in [0.29, 0.717) is 17.5 Å². The summed E-state index contributed by atoms with van der Waals surface area (Å²) < 4.78 is 5.40. The Labute approximate surface area is 97.6 Å². The van der Waals surface area contributed by atoms with Crippen LogP contribution in [-0.2, 0) is 6.54 Å². The van der Waals surface area contributed by atoms with E-state index in [1.54, 1.807) is 6.07 Å². The molecule has 0 saturated heterocycles. The Balaban J connectivity index is 2.04. The first-order chi connectivity index (χ1) is 7.63. The molecule has 0 atom stereocenters. The fourth-order valence-corrected chi connectivity index (χ4v) is 1.47. The summed E-state index contributed by atoms with van der Waals surface area (Å²) in [6.07, 6.45) is 0. The molecule has 0 aliphatic rings. The van der Waals surface area contributed by atoms with Gasteiger partial charge in [0.05, 0.1) is 6.54 Å². The number of anilines is 2. The maximum Gasteiger partial charge on any atom is 0.223 e. The van der Waals surface area contributed by atoms with E-state index in [2.05, 4.69) is 15.3 Å². The van der Waals surface area contributed by atoms with Crippen LogP contribution < -0.4 is 11.1 Å². The molecule has 6 heteroatoms. The quantitative estimate of drug-likeness (QED) is 0.802. The van der Waals surface area contributed by atoms with Gasteiger partial charge in [-0.05, 0) is 19.1 Å². The molecule has 0 fully saturated rings. The molecule has 0 aliphatic heterocycles. The first-order valence-corrected chi connectivity index (χ1v) is 5.10. The van der Waals surface area contributed by atoms with Crippen LogP contribution >= 0.6 is 11.6 Å². The number of hydrogen-bond acceptors (Lipinski definition) is 5. The topological polar surface area (TPSA) is 77.0 Å². The lowest BCUT2D eigenvalue weighted by Gasteiger charge is -2.04. The average Bonchev–Trinajstić information content (AvgIpc) is 2.60. The summed E-state index contributed by atoms with van der Waals surface area (Å²) in [5, 5.41) is 3.36. The molecule has 84 valence electrons. The molecule has 0 amide bonds. The number of furan rings is 1. The molecule has 16 heavy (non-hydrogen) atoms. The van der Waals surface area contributed by atoms with Crippen molar-refractivity contribution < 1.29 is 4.42 Å². The number of hydrogen-bond donors (Lipinski definition) is 2. The van der Waals surface area contributed by atoms with E-state index in [0.717, 1.165) is 11.5 Å². The highest BCUT2D eigenvalue weighted by atomic mass is 35.5. The summed E-state index contributed by atoms with van der Waals surface area (Å²) >= 11 is 5.74. The molecule has 2 aromatic rings. The predicted molar refractivity (Wildman–Crippen MR) is 62.2 cm³/mol. The molecule has 0 radical (unpaired) electrons. The second-order valence-corrected chi connectivity index (χ2v) is 3.69. The zero-order valence-corrected chi connectivity index (χ0v) is 9.45. The molecule has 2 heterocycles. The van der Waals surface area contributed by atoms with E-state index in [9.17, 15) is 0 Å². The minimum atomic E-state index is 0.144. The van der Waals surface area contributed by atoms with Gasteiger partial charge in [-0.3, -0.25) is 0 Å². The molecule has 0 aromatic carbocycles. The van der Waals surface area contributed by atoms with Crippen LogP contribution in [0, 0.1) is 6.92 Å². The maximum atomic E-state index is 5.74. The van der Waals surface area contributed by atoms with Gasteiger partial charge < -0.3 is 15.5 Å². The van der Waals surface area contributed by atoms with Crippen LogP contribution in [-0.4, -0.2) is 9.97 Å². The number of aryl methyl sites for hydroxylation is 1. The Bertz CT molecular complexity index is 477. The lowest BCUT2D eigenvalue weighted by atomic mass is 10.4. The van der Waals surface area contributed by atoms with Crippen molar-refractivity contribution in [1.29, 1.82) is 0 Å². The van der Waals surface area contributed by atoms with Crippen LogP contribution in [0.15, 0.2) is 22.6 Å². The van der Waals surface area contributed by atoms with Crippen LogP contribution in [0.1, 0.15) is 11.5 Å². The average molecular weight is 239 g/mol. The summed E-state index contributed by atoms with van der Waals surface area (Å²) in [7, 11) is 0. The number of nitrogens with one attached hydrogen (secondary N) is 1. The van der Waals surface area contributed by atoms with Gasteiger partial charge in [0.2, 0.25) is 5.95 Å². The second-order valence-electron chi connectivity index (χ2n) is 3.30. The van der Waals surface area contributed by atoms with Gasteiger partial charge in [-0.15, -0.1) is 0 Å². The van der Waals surface area contributed by atoms with Crippen LogP contribution in [0.3, 0.4) is 0 Å². The van der Waals surface area contributed by atoms with E-state index in [-0.39, 0.29) is 5.95 Å². The zero-order valence-electron chi connectivity index (χ0n) is 8.70. The standard InChI is InChI=1S/C10H11ClN4O/c1-6-2-3-7(16-6)5-13-9-4-8(11)14-10(12)15-9/h2-4H,5H2,1H3,(H3,12,13,14,15). The van der Waals surface area contributed by atoms with Crippen molar-refractivity contribution in [2.45, 2.75) is 13.5 Å². The van der Waals surface area contributed by atoms with Crippen molar-refractivity contribution in [1.82, 2.24) is 9.97 Å². The molecule has 0 bridgehead atoms. The van der Waals surface area contributed by atoms with E-state index >= 15 is 0 Å². The predicted octanol–water partition coefficient (Wildman–Crippen LogP) is 2.23. The van der Waals surface area contributed by atoms with Gasteiger partial charge in [0.15, 0.2) is 0 Å². The third kappa shape index (κ3) is 2.64. The maximum absolute atomic E-state index is 5.74. The summed E-state index contributed by atoms with van der Waals surface area (Å²) in [4.78, 5) is 7.75. The highest BCUT2D eigenvalue weighted by Crippen LogP contribution is 2.14. The molecule has 3 N–H and O–H groups in total. The minimum Gasteiger partial charge on any atom is -0.465 e. The number of aromatic nitrogens is 2. The Morgan fingerprint density at radius 2 is 2.25 bits per heavy atom. The number of nitrogens with zero attached hydrogens (tertiary/aromatic N) is 2. The number of halogens is 1. The summed E-state index contributed by atoms with van der Waals surface area (Å²) in [5.41, 5.74) is 5.46. The number of nitrogen functional groups attached to an aromatic ring is 1. The van der Waals surface area contributed by atoms with Gasteiger partial charge in [-0.25, -0.2) is 4.98 Å². The van der Waals surface area contributed by atoms with Gasteiger partial charge in [0.25, 0.3) is 0 Å². The van der Waals surface area contributed by atoms with Crippen molar-refractivity contribution in [2.24, 2.45) is 0 Å². The number of nitrogens with two attached hydrogens (primary N) is 1. The van der Waals surface area contributed by atoms with E-state index in [1.165, 1.54) is 0 Å². The lowest BCUT2D eigenvalue weighted by Crippen LogP contribution is -2.03. The van der Waals surface area contributed by atoms with Gasteiger partial charge in [-0.1, -0.05) is 11.6 Å². The van der Waals surface area contributed by atoms with Crippen LogP contribution in [0.25, 0.3) is 0 Å². The molecule has 0 unspecified atom stereocenters. The van der Waals surface area contributed by atoms with Gasteiger partial charge in [-0.2, -0.15) is 4.98 Å². The third-order valence-electron chi connectivity index (χ3n) is 1.95. The molecule has 0 aliphatic carbocycles. The molecule has 0 spiro atoms. The first kappa shape index (κ1) is 10.8. The van der Waals surface area contributed by atoms with E-state index < -0.39 is 0 Å². The largest absolute Gasteiger partial charge is 0.465 e. The third-order valence-corrected chi connectivity index (χ3v) is 2.15. The molecular weight excluding hydrogens is 228 g/mol. The molecule has 5 nitrogen and oxygen atoms in total. The summed E-state index contributed by atoms with van der Waals surface area (Å²) in [6, 6.07) is 5.40. The van der Waals surface area contributed by atoms with Crippen molar-refractivity contribution in [3.05, 3.63) is 34.9 Å². The zero-order chi connectivity index (χ0) is 11.5. The van der Waals surface area contributed by atoms with E-state index in [4.69, 9.17) is 21.8 Å². The van der Waals surface area contributed by atoms with Crippen molar-refractivity contribution in [3.63, 3.8) is 0 Å². The highest BCUT2D eigenvalue weighted by Gasteiger charge is 2.02. The highest BCUT2D eigenvalue weighted by molar-refractivity contribution is 6.29. The number of rotatable bonds is 3. The molecule has 2 rings (SSSR count). The fourth-order valence-electron chi connectivity index (χ4n) is 1.28. The van der Waals surface area contributed by atoms with Crippen molar-refractivity contribution in [3.8, 4) is 0 Å².